The average Bonchev–Trinajstić information content (AvgIpc) is 2.69. The minimum absolute atomic E-state index is 0.287. The summed E-state index contributed by atoms with van der Waals surface area (Å²) in [5, 5.41) is 2.81. The monoisotopic (exact) mass is 355 g/mol. The molecule has 136 valence electrons. The zero-order chi connectivity index (χ0) is 18.4. The molecule has 1 fully saturated rings. The summed E-state index contributed by atoms with van der Waals surface area (Å²) in [5.74, 6) is 0.194. The normalized spacial score (nSPS) is 14.0. The molecule has 2 aromatic rings. The van der Waals surface area contributed by atoms with Crippen molar-refractivity contribution in [1.29, 1.82) is 0 Å². The molecule has 0 unspecified atom stereocenters. The first kappa shape index (κ1) is 17.7. The number of carbonyl (C=O) groups excluding carboxylic acids is 2. The number of rotatable bonds is 4. The lowest BCUT2D eigenvalue weighted by atomic mass is 10.3. The number of nitrogens with one attached hydrogen (secondary N) is 1. The second kappa shape index (κ2) is 8.28. The fraction of sp³-hybridized carbons (Fsp3) is 0.333. The van der Waals surface area contributed by atoms with Crippen molar-refractivity contribution in [2.24, 2.45) is 0 Å². The van der Waals surface area contributed by atoms with Crippen molar-refractivity contribution in [2.45, 2.75) is 6.92 Å². The smallest absolute Gasteiger partial charge is 0.409 e. The van der Waals surface area contributed by atoms with Crippen LogP contribution in [0.25, 0.3) is 0 Å². The number of piperazine rings is 1. The number of aromatic nitrogens is 2. The van der Waals surface area contributed by atoms with Gasteiger partial charge >= 0.3 is 6.09 Å². The molecule has 8 nitrogen and oxygen atoms in total. The zero-order valence-electron chi connectivity index (χ0n) is 14.6. The van der Waals surface area contributed by atoms with Crippen LogP contribution in [0, 0.1) is 0 Å². The second-order valence-electron chi connectivity index (χ2n) is 5.74. The SMILES string of the molecule is CCOC(=O)N1CCN(c2nccc(C(=O)Nc3ccccc3)n2)CC1. The number of anilines is 2. The van der Waals surface area contributed by atoms with Crippen LogP contribution >= 0.6 is 0 Å². The summed E-state index contributed by atoms with van der Waals surface area (Å²) < 4.78 is 5.01. The van der Waals surface area contributed by atoms with Crippen molar-refractivity contribution in [3.05, 3.63) is 48.3 Å². The second-order valence-corrected chi connectivity index (χ2v) is 5.74. The van der Waals surface area contributed by atoms with E-state index in [-0.39, 0.29) is 12.0 Å². The first-order valence-electron chi connectivity index (χ1n) is 8.53. The first-order valence-corrected chi connectivity index (χ1v) is 8.53. The lowest BCUT2D eigenvalue weighted by molar-refractivity contribution is 0.102. The van der Waals surface area contributed by atoms with Crippen molar-refractivity contribution in [2.75, 3.05) is 43.0 Å². The van der Waals surface area contributed by atoms with Gasteiger partial charge in [-0.25, -0.2) is 14.8 Å². The number of nitrogens with zero attached hydrogens (tertiary/aromatic N) is 4. The van der Waals surface area contributed by atoms with Crippen LogP contribution in [-0.4, -0.2) is 59.7 Å². The molecule has 1 aliphatic heterocycles. The maximum atomic E-state index is 12.4. The Bertz CT molecular complexity index is 760. The zero-order valence-corrected chi connectivity index (χ0v) is 14.6. The number of benzene rings is 1. The maximum Gasteiger partial charge on any atom is 0.409 e. The van der Waals surface area contributed by atoms with Crippen LogP contribution < -0.4 is 10.2 Å². The number of amides is 2. The number of ether oxygens (including phenoxy) is 1. The quantitative estimate of drug-likeness (QED) is 0.903. The van der Waals surface area contributed by atoms with Crippen molar-refractivity contribution >= 4 is 23.6 Å². The van der Waals surface area contributed by atoms with E-state index >= 15 is 0 Å². The minimum atomic E-state index is -0.302. The Morgan fingerprint density at radius 2 is 1.85 bits per heavy atom. The van der Waals surface area contributed by atoms with Crippen LogP contribution in [0.15, 0.2) is 42.6 Å². The van der Waals surface area contributed by atoms with Gasteiger partial charge in [-0.05, 0) is 25.1 Å². The van der Waals surface area contributed by atoms with E-state index in [9.17, 15) is 9.59 Å². The van der Waals surface area contributed by atoms with E-state index in [0.717, 1.165) is 0 Å². The molecule has 0 aliphatic carbocycles. The third-order valence-electron chi connectivity index (χ3n) is 4.00. The van der Waals surface area contributed by atoms with Gasteiger partial charge in [0.1, 0.15) is 5.69 Å². The van der Waals surface area contributed by atoms with E-state index < -0.39 is 0 Å². The summed E-state index contributed by atoms with van der Waals surface area (Å²) >= 11 is 0. The van der Waals surface area contributed by atoms with Crippen LogP contribution in [0.3, 0.4) is 0 Å². The molecule has 0 bridgehead atoms. The van der Waals surface area contributed by atoms with Gasteiger partial charge in [0.15, 0.2) is 0 Å². The lowest BCUT2D eigenvalue weighted by Gasteiger charge is -2.34. The van der Waals surface area contributed by atoms with Crippen LogP contribution in [0.4, 0.5) is 16.4 Å². The molecule has 0 spiro atoms. The summed E-state index contributed by atoms with van der Waals surface area (Å²) in [6.07, 6.45) is 1.27. The van der Waals surface area contributed by atoms with E-state index in [4.69, 9.17) is 4.74 Å². The standard InChI is InChI=1S/C18H21N5O3/c1-2-26-18(25)23-12-10-22(11-13-23)17-19-9-8-15(21-17)16(24)20-14-6-4-3-5-7-14/h3-9H,2,10-13H2,1H3,(H,20,24). The number of hydrogen-bond donors (Lipinski definition) is 1. The fourth-order valence-electron chi connectivity index (χ4n) is 2.65. The Morgan fingerprint density at radius 1 is 1.12 bits per heavy atom. The average molecular weight is 355 g/mol. The predicted molar refractivity (Wildman–Crippen MR) is 97.2 cm³/mol. The summed E-state index contributed by atoms with van der Waals surface area (Å²) in [5.41, 5.74) is 1.01. The molecule has 1 N–H and O–H groups in total. The molecule has 2 amide bonds. The summed E-state index contributed by atoms with van der Waals surface area (Å²) in [7, 11) is 0. The molecular weight excluding hydrogens is 334 g/mol. The fourth-order valence-corrected chi connectivity index (χ4v) is 2.65. The predicted octanol–water partition coefficient (Wildman–Crippen LogP) is 2.01. The highest BCUT2D eigenvalue weighted by Gasteiger charge is 2.23. The Labute approximate surface area is 151 Å². The van der Waals surface area contributed by atoms with Gasteiger partial charge in [-0.3, -0.25) is 4.79 Å². The molecule has 26 heavy (non-hydrogen) atoms. The molecule has 0 radical (unpaired) electrons. The molecule has 8 heteroatoms. The topological polar surface area (TPSA) is 87.7 Å². The first-order chi connectivity index (χ1) is 12.7. The van der Waals surface area contributed by atoms with Crippen LogP contribution in [0.2, 0.25) is 0 Å². The third kappa shape index (κ3) is 4.27. The van der Waals surface area contributed by atoms with Crippen molar-refractivity contribution in [3.8, 4) is 0 Å². The van der Waals surface area contributed by atoms with Gasteiger partial charge in [0, 0.05) is 38.1 Å². The van der Waals surface area contributed by atoms with Crippen LogP contribution in [0.1, 0.15) is 17.4 Å². The summed E-state index contributed by atoms with van der Waals surface area (Å²) in [4.78, 5) is 36.4. The minimum Gasteiger partial charge on any atom is -0.450 e. The van der Waals surface area contributed by atoms with Crippen molar-refractivity contribution < 1.29 is 14.3 Å². The van der Waals surface area contributed by atoms with E-state index in [0.29, 0.717) is 50.1 Å². The maximum absolute atomic E-state index is 12.4. The van der Waals surface area contributed by atoms with E-state index in [1.165, 1.54) is 0 Å². The molecule has 0 saturated carbocycles. The van der Waals surface area contributed by atoms with Gasteiger partial charge in [0.05, 0.1) is 6.61 Å². The summed E-state index contributed by atoms with van der Waals surface area (Å²) in [6.45, 7) is 4.38. The Kier molecular flexibility index (Phi) is 5.62. The Balaban J connectivity index is 1.63. The van der Waals surface area contributed by atoms with Crippen molar-refractivity contribution in [1.82, 2.24) is 14.9 Å². The largest absolute Gasteiger partial charge is 0.450 e. The highest BCUT2D eigenvalue weighted by atomic mass is 16.6. The van der Waals surface area contributed by atoms with Crippen molar-refractivity contribution in [3.63, 3.8) is 0 Å². The molecule has 3 rings (SSSR count). The molecular formula is C18H21N5O3. The Morgan fingerprint density at radius 3 is 2.54 bits per heavy atom. The number of carbonyl (C=O) groups is 2. The molecule has 1 aromatic carbocycles. The van der Waals surface area contributed by atoms with Crippen LogP contribution in [-0.2, 0) is 4.74 Å². The molecule has 1 aliphatic rings. The number of hydrogen-bond acceptors (Lipinski definition) is 6. The highest BCUT2D eigenvalue weighted by Crippen LogP contribution is 2.13. The van der Waals surface area contributed by atoms with Gasteiger partial charge in [-0.15, -0.1) is 0 Å². The van der Waals surface area contributed by atoms with Crippen LogP contribution in [0.5, 0.6) is 0 Å². The highest BCUT2D eigenvalue weighted by molar-refractivity contribution is 6.02. The van der Waals surface area contributed by atoms with E-state index in [1.54, 1.807) is 24.1 Å². The molecule has 1 saturated heterocycles. The van der Waals surface area contributed by atoms with Gasteiger partial charge in [0.25, 0.3) is 5.91 Å². The van der Waals surface area contributed by atoms with E-state index in [2.05, 4.69) is 15.3 Å². The molecule has 0 atom stereocenters. The molecule has 2 heterocycles. The lowest BCUT2D eigenvalue weighted by Crippen LogP contribution is -2.49. The molecule has 1 aromatic heterocycles. The van der Waals surface area contributed by atoms with E-state index in [1.807, 2.05) is 35.2 Å². The van der Waals surface area contributed by atoms with Gasteiger partial charge < -0.3 is 19.9 Å². The third-order valence-corrected chi connectivity index (χ3v) is 4.00. The van der Waals surface area contributed by atoms with Gasteiger partial charge in [0.2, 0.25) is 5.95 Å². The van der Waals surface area contributed by atoms with Gasteiger partial charge in [-0.1, -0.05) is 18.2 Å². The van der Waals surface area contributed by atoms with Gasteiger partial charge in [-0.2, -0.15) is 0 Å². The summed E-state index contributed by atoms with van der Waals surface area (Å²) in [6, 6.07) is 10.8. The number of para-hydroxylation sites is 1. The Hall–Kier alpha value is -3.16.